The minimum atomic E-state index is -0.200. The zero-order valence-corrected chi connectivity index (χ0v) is 9.08. The average molecular weight is 247 g/mol. The van der Waals surface area contributed by atoms with Gasteiger partial charge >= 0.3 is 0 Å². The van der Waals surface area contributed by atoms with Gasteiger partial charge in [-0.05, 0) is 15.9 Å². The van der Waals surface area contributed by atoms with Gasteiger partial charge < -0.3 is 5.73 Å². The van der Waals surface area contributed by atoms with Crippen molar-refractivity contribution < 1.29 is 4.79 Å². The summed E-state index contributed by atoms with van der Waals surface area (Å²) in [5, 5.41) is 7.43. The Labute approximate surface area is 84.4 Å². The van der Waals surface area contributed by atoms with Crippen LogP contribution in [0.1, 0.15) is 17.4 Å². The highest BCUT2D eigenvalue weighted by Gasteiger charge is 2.21. The quantitative estimate of drug-likeness (QED) is 0.782. The number of hydrogen-bond acceptors (Lipinski definition) is 4. The van der Waals surface area contributed by atoms with E-state index in [0.717, 1.165) is 0 Å². The first-order valence-corrected chi connectivity index (χ1v) is 4.66. The van der Waals surface area contributed by atoms with Crippen molar-refractivity contribution >= 4 is 21.7 Å². The third kappa shape index (κ3) is 1.94. The highest BCUT2D eigenvalue weighted by Crippen LogP contribution is 2.15. The van der Waals surface area contributed by atoms with E-state index in [1.54, 1.807) is 14.0 Å². The Balaban J connectivity index is 3.01. The van der Waals surface area contributed by atoms with E-state index in [0.29, 0.717) is 16.8 Å². The highest BCUT2D eigenvalue weighted by molar-refractivity contribution is 9.10. The normalized spacial score (nSPS) is 12.9. The molecule has 0 spiro atoms. The number of ketones is 1. The summed E-state index contributed by atoms with van der Waals surface area (Å²) in [7, 11) is 1.67. The molecule has 1 unspecified atom stereocenters. The molecule has 0 aromatic carbocycles. The Morgan fingerprint density at radius 2 is 2.38 bits per heavy atom. The number of nitrogens with two attached hydrogens (primary N) is 1. The van der Waals surface area contributed by atoms with Crippen molar-refractivity contribution in [1.82, 2.24) is 15.0 Å². The van der Waals surface area contributed by atoms with Crippen LogP contribution in [0.25, 0.3) is 0 Å². The van der Waals surface area contributed by atoms with Crippen molar-refractivity contribution in [3.05, 3.63) is 10.3 Å². The molecule has 72 valence electrons. The maximum Gasteiger partial charge on any atom is 0.187 e. The Bertz CT molecular complexity index is 303. The van der Waals surface area contributed by atoms with Gasteiger partial charge in [-0.25, -0.2) is 4.68 Å². The van der Waals surface area contributed by atoms with Crippen molar-refractivity contribution in [3.8, 4) is 0 Å². The minimum absolute atomic E-state index is 0.0399. The molecule has 1 atom stereocenters. The Kier molecular flexibility index (Phi) is 3.16. The van der Waals surface area contributed by atoms with Crippen molar-refractivity contribution in [2.45, 2.75) is 6.92 Å². The summed E-state index contributed by atoms with van der Waals surface area (Å²) >= 11 is 3.16. The summed E-state index contributed by atoms with van der Waals surface area (Å²) in [4.78, 5) is 11.7. The molecular weight excluding hydrogens is 236 g/mol. The lowest BCUT2D eigenvalue weighted by atomic mass is 10.1. The summed E-state index contributed by atoms with van der Waals surface area (Å²) in [5.41, 5.74) is 5.86. The lowest BCUT2D eigenvalue weighted by Gasteiger charge is -2.06. The fourth-order valence-corrected chi connectivity index (χ4v) is 1.46. The van der Waals surface area contributed by atoms with Crippen molar-refractivity contribution in [2.24, 2.45) is 18.7 Å². The van der Waals surface area contributed by atoms with Crippen LogP contribution in [0.5, 0.6) is 0 Å². The summed E-state index contributed by atoms with van der Waals surface area (Å²) in [6.45, 7) is 2.11. The molecule has 0 aliphatic carbocycles. The van der Waals surface area contributed by atoms with E-state index in [1.807, 2.05) is 0 Å². The van der Waals surface area contributed by atoms with Gasteiger partial charge in [-0.3, -0.25) is 4.79 Å². The number of nitrogens with zero attached hydrogens (tertiary/aromatic N) is 3. The number of Topliss-reactive ketones (excluding diaryl/α,β-unsaturated/α-hetero) is 1. The number of rotatable bonds is 3. The molecule has 2 N–H and O–H groups in total. The smallest absolute Gasteiger partial charge is 0.187 e. The molecule has 0 fully saturated rings. The first-order chi connectivity index (χ1) is 6.07. The van der Waals surface area contributed by atoms with Gasteiger partial charge in [-0.2, -0.15) is 0 Å². The van der Waals surface area contributed by atoms with Crippen LogP contribution in [0.4, 0.5) is 0 Å². The van der Waals surface area contributed by atoms with Crippen LogP contribution in [-0.2, 0) is 7.05 Å². The molecule has 0 bridgehead atoms. The topological polar surface area (TPSA) is 73.8 Å². The van der Waals surface area contributed by atoms with Crippen LogP contribution < -0.4 is 5.73 Å². The zero-order valence-electron chi connectivity index (χ0n) is 7.49. The molecule has 1 heterocycles. The maximum absolute atomic E-state index is 11.7. The highest BCUT2D eigenvalue weighted by atomic mass is 79.9. The molecule has 0 aliphatic rings. The Hall–Kier alpha value is -0.750. The first kappa shape index (κ1) is 10.3. The Morgan fingerprint density at radius 3 is 2.77 bits per heavy atom. The van der Waals surface area contributed by atoms with E-state index in [-0.39, 0.29) is 11.7 Å². The monoisotopic (exact) mass is 246 g/mol. The molecule has 0 radical (unpaired) electrons. The van der Waals surface area contributed by atoms with Crippen molar-refractivity contribution in [2.75, 3.05) is 6.54 Å². The molecule has 5 nitrogen and oxygen atoms in total. The van der Waals surface area contributed by atoms with Crippen LogP contribution in [0.15, 0.2) is 4.60 Å². The molecule has 1 aromatic rings. The molecule has 1 rings (SSSR count). The number of aromatic nitrogens is 3. The van der Waals surface area contributed by atoms with E-state index in [9.17, 15) is 4.79 Å². The second kappa shape index (κ2) is 3.97. The largest absolute Gasteiger partial charge is 0.330 e. The molecule has 1 aromatic heterocycles. The maximum atomic E-state index is 11.7. The van der Waals surface area contributed by atoms with E-state index >= 15 is 0 Å². The van der Waals surface area contributed by atoms with Gasteiger partial charge in [0.05, 0.1) is 0 Å². The minimum Gasteiger partial charge on any atom is -0.330 e. The van der Waals surface area contributed by atoms with E-state index < -0.39 is 0 Å². The molecule has 0 aliphatic heterocycles. The van der Waals surface area contributed by atoms with Crippen LogP contribution in [0, 0.1) is 5.92 Å². The summed E-state index contributed by atoms with van der Waals surface area (Å²) in [6, 6.07) is 0. The predicted octanol–water partition coefficient (Wildman–Crippen LogP) is 0.355. The van der Waals surface area contributed by atoms with E-state index in [2.05, 4.69) is 26.2 Å². The Morgan fingerprint density at radius 1 is 1.77 bits per heavy atom. The third-order valence-corrected chi connectivity index (χ3v) is 2.35. The fraction of sp³-hybridized carbons (Fsp3) is 0.571. The molecule has 0 amide bonds. The standard InChI is InChI=1S/C7H11BrN4O/c1-4(3-9)6(13)5-7(8)10-11-12(5)2/h4H,3,9H2,1-2H3. The van der Waals surface area contributed by atoms with Gasteiger partial charge in [0.15, 0.2) is 10.4 Å². The average Bonchev–Trinajstić information content (AvgIpc) is 2.44. The van der Waals surface area contributed by atoms with Gasteiger partial charge in [-0.1, -0.05) is 12.1 Å². The van der Waals surface area contributed by atoms with Gasteiger partial charge in [0.1, 0.15) is 5.69 Å². The molecular formula is C7H11BrN4O. The van der Waals surface area contributed by atoms with E-state index in [4.69, 9.17) is 5.73 Å². The van der Waals surface area contributed by atoms with Gasteiger partial charge in [-0.15, -0.1) is 5.10 Å². The lowest BCUT2D eigenvalue weighted by molar-refractivity contribution is 0.0924. The van der Waals surface area contributed by atoms with Gasteiger partial charge in [0, 0.05) is 19.5 Å². The summed E-state index contributed by atoms with van der Waals surface area (Å²) < 4.78 is 1.92. The van der Waals surface area contributed by atoms with Crippen molar-refractivity contribution in [1.29, 1.82) is 0 Å². The van der Waals surface area contributed by atoms with Gasteiger partial charge in [0.25, 0.3) is 0 Å². The van der Waals surface area contributed by atoms with E-state index in [1.165, 1.54) is 4.68 Å². The van der Waals surface area contributed by atoms with Crippen LogP contribution in [0.2, 0.25) is 0 Å². The van der Waals surface area contributed by atoms with Crippen LogP contribution in [0.3, 0.4) is 0 Å². The molecule has 13 heavy (non-hydrogen) atoms. The predicted molar refractivity (Wildman–Crippen MR) is 51.3 cm³/mol. The number of carbonyl (C=O) groups excluding carboxylic acids is 1. The van der Waals surface area contributed by atoms with Crippen LogP contribution >= 0.6 is 15.9 Å². The zero-order chi connectivity index (χ0) is 10.0. The second-order valence-corrected chi connectivity index (χ2v) is 3.60. The number of hydrogen-bond donors (Lipinski definition) is 1. The number of aryl methyl sites for hydroxylation is 1. The summed E-state index contributed by atoms with van der Waals surface area (Å²) in [6.07, 6.45) is 0. The second-order valence-electron chi connectivity index (χ2n) is 2.85. The molecule has 0 saturated carbocycles. The summed E-state index contributed by atoms with van der Waals surface area (Å²) in [5.74, 6) is -0.240. The first-order valence-electron chi connectivity index (χ1n) is 3.87. The van der Waals surface area contributed by atoms with Crippen molar-refractivity contribution in [3.63, 3.8) is 0 Å². The molecule has 6 heteroatoms. The third-order valence-electron chi connectivity index (χ3n) is 1.82. The van der Waals surface area contributed by atoms with Gasteiger partial charge in [0.2, 0.25) is 0 Å². The van der Waals surface area contributed by atoms with Crippen LogP contribution in [-0.4, -0.2) is 27.3 Å². The fourth-order valence-electron chi connectivity index (χ4n) is 0.934. The number of carbonyl (C=O) groups is 1. The molecule has 0 saturated heterocycles. The lowest BCUT2D eigenvalue weighted by Crippen LogP contribution is -2.23. The SMILES string of the molecule is CC(CN)C(=O)c1c(Br)nnn1C. The number of halogens is 1.